The summed E-state index contributed by atoms with van der Waals surface area (Å²) in [5.41, 5.74) is 2.56. The normalized spacial score (nSPS) is 44.7. The van der Waals surface area contributed by atoms with E-state index in [4.69, 9.17) is 9.47 Å². The monoisotopic (exact) mass is 402 g/mol. The van der Waals surface area contributed by atoms with E-state index in [2.05, 4.69) is 6.92 Å². The van der Waals surface area contributed by atoms with Gasteiger partial charge in [0.1, 0.15) is 0 Å². The molecule has 0 aromatic carbocycles. The second-order valence-corrected chi connectivity index (χ2v) is 10.8. The van der Waals surface area contributed by atoms with Crippen molar-refractivity contribution in [3.05, 3.63) is 23.3 Å². The van der Waals surface area contributed by atoms with Gasteiger partial charge in [-0.15, -0.1) is 0 Å². The molecule has 0 heterocycles. The summed E-state index contributed by atoms with van der Waals surface area (Å²) in [6.07, 6.45) is 14.9. The van der Waals surface area contributed by atoms with Gasteiger partial charge in [-0.3, -0.25) is 0 Å². The molecule has 2 N–H and O–H groups in total. The Bertz CT molecular complexity index is 731. The van der Waals surface area contributed by atoms with Crippen molar-refractivity contribution >= 4 is 0 Å². The Morgan fingerprint density at radius 3 is 2.48 bits per heavy atom. The third-order valence-electron chi connectivity index (χ3n) is 10.1. The van der Waals surface area contributed by atoms with E-state index in [0.717, 1.165) is 44.9 Å². The van der Waals surface area contributed by atoms with Crippen LogP contribution >= 0.6 is 0 Å². The molecule has 5 aliphatic rings. The maximum absolute atomic E-state index is 12.0. The van der Waals surface area contributed by atoms with E-state index in [0.29, 0.717) is 17.8 Å². The number of fused-ring (bicyclic) bond motifs is 4. The smallest absolute Gasteiger partial charge is 0.171 e. The van der Waals surface area contributed by atoms with Crippen LogP contribution in [0.3, 0.4) is 0 Å². The van der Waals surface area contributed by atoms with Gasteiger partial charge < -0.3 is 19.7 Å². The predicted octanol–water partition coefficient (Wildman–Crippen LogP) is 4.36. The molecule has 5 atom stereocenters. The topological polar surface area (TPSA) is 58.9 Å². The van der Waals surface area contributed by atoms with Crippen LogP contribution in [-0.4, -0.2) is 42.4 Å². The summed E-state index contributed by atoms with van der Waals surface area (Å²) in [6, 6.07) is 0. The molecule has 0 aliphatic heterocycles. The molecule has 3 fully saturated rings. The highest BCUT2D eigenvalue weighted by Gasteiger charge is 2.74. The molecule has 1 spiro atoms. The van der Waals surface area contributed by atoms with Crippen molar-refractivity contribution in [2.24, 2.45) is 28.6 Å². The molecule has 5 rings (SSSR count). The van der Waals surface area contributed by atoms with E-state index in [9.17, 15) is 10.2 Å². The van der Waals surface area contributed by atoms with Crippen molar-refractivity contribution in [1.29, 1.82) is 0 Å². The number of aliphatic hydroxyl groups is 2. The number of methoxy groups -OCH3 is 2. The summed E-state index contributed by atoms with van der Waals surface area (Å²) in [4.78, 5) is 0. The van der Waals surface area contributed by atoms with Gasteiger partial charge in [-0.05, 0) is 69.1 Å². The lowest BCUT2D eigenvalue weighted by Gasteiger charge is -2.54. The molecule has 29 heavy (non-hydrogen) atoms. The van der Waals surface area contributed by atoms with Gasteiger partial charge in [-0.1, -0.05) is 30.2 Å². The molecular weight excluding hydrogens is 364 g/mol. The first-order chi connectivity index (χ1) is 13.9. The predicted molar refractivity (Wildman–Crippen MR) is 112 cm³/mol. The summed E-state index contributed by atoms with van der Waals surface area (Å²) in [7, 11) is 3.56. The molecule has 4 nitrogen and oxygen atoms in total. The van der Waals surface area contributed by atoms with Crippen LogP contribution in [0.5, 0.6) is 0 Å². The fourth-order valence-corrected chi connectivity index (χ4v) is 8.30. The fourth-order valence-electron chi connectivity index (χ4n) is 8.30. The van der Waals surface area contributed by atoms with E-state index < -0.39 is 11.4 Å². The van der Waals surface area contributed by atoms with Crippen LogP contribution in [0.15, 0.2) is 23.3 Å². The Morgan fingerprint density at radius 2 is 1.83 bits per heavy atom. The van der Waals surface area contributed by atoms with Crippen molar-refractivity contribution in [2.75, 3.05) is 20.8 Å². The highest BCUT2D eigenvalue weighted by Crippen LogP contribution is 2.76. The molecule has 0 saturated heterocycles. The van der Waals surface area contributed by atoms with E-state index in [-0.39, 0.29) is 17.4 Å². The Morgan fingerprint density at radius 1 is 1.07 bits per heavy atom. The number of hydrogen-bond donors (Lipinski definition) is 2. The average molecular weight is 403 g/mol. The molecule has 0 radical (unpaired) electrons. The van der Waals surface area contributed by atoms with Gasteiger partial charge in [0.25, 0.3) is 0 Å². The van der Waals surface area contributed by atoms with E-state index >= 15 is 0 Å². The van der Waals surface area contributed by atoms with Crippen LogP contribution in [0.2, 0.25) is 0 Å². The van der Waals surface area contributed by atoms with Gasteiger partial charge in [0.2, 0.25) is 0 Å². The maximum atomic E-state index is 12.0. The molecule has 5 aliphatic carbocycles. The van der Waals surface area contributed by atoms with Gasteiger partial charge >= 0.3 is 0 Å². The third kappa shape index (κ3) is 2.58. The quantitative estimate of drug-likeness (QED) is 0.542. The lowest BCUT2D eigenvalue weighted by Crippen LogP contribution is -2.53. The molecule has 3 saturated carbocycles. The zero-order valence-electron chi connectivity index (χ0n) is 18.4. The number of rotatable bonds is 4. The molecule has 3 unspecified atom stereocenters. The summed E-state index contributed by atoms with van der Waals surface area (Å²) < 4.78 is 11.6. The second kappa shape index (κ2) is 6.66. The lowest BCUT2D eigenvalue weighted by atomic mass is 9.52. The first kappa shape index (κ1) is 20.2. The number of ether oxygens (including phenoxy) is 2. The Labute approximate surface area is 175 Å². The van der Waals surface area contributed by atoms with Crippen LogP contribution in [0, 0.1) is 28.6 Å². The Hall–Kier alpha value is -0.680. The average Bonchev–Trinajstić information content (AvgIpc) is 3.50. The van der Waals surface area contributed by atoms with Crippen molar-refractivity contribution in [1.82, 2.24) is 0 Å². The summed E-state index contributed by atoms with van der Waals surface area (Å²) >= 11 is 0. The van der Waals surface area contributed by atoms with Gasteiger partial charge in [0.05, 0.1) is 12.2 Å². The van der Waals surface area contributed by atoms with Crippen LogP contribution in [0.1, 0.15) is 71.1 Å². The summed E-state index contributed by atoms with van der Waals surface area (Å²) in [5.74, 6) is 1.54. The minimum Gasteiger partial charge on any atom is -0.392 e. The minimum atomic E-state index is -0.749. The van der Waals surface area contributed by atoms with Crippen molar-refractivity contribution in [3.63, 3.8) is 0 Å². The van der Waals surface area contributed by atoms with Gasteiger partial charge in [0, 0.05) is 37.9 Å². The van der Waals surface area contributed by atoms with Crippen LogP contribution in [0.4, 0.5) is 0 Å². The maximum Gasteiger partial charge on any atom is 0.171 e. The SMILES string of the molecule is COC1(OC)CCC2=C(CCC3C2CC[C@@]2(C)C3CC3(CC3)[C@@]2(O)/C=C\CO)C1. The van der Waals surface area contributed by atoms with Gasteiger partial charge in [-0.25, -0.2) is 0 Å². The highest BCUT2D eigenvalue weighted by atomic mass is 16.7. The molecule has 0 bridgehead atoms. The fraction of sp³-hybridized carbons (Fsp3) is 0.840. The molecule has 0 aromatic heterocycles. The zero-order valence-corrected chi connectivity index (χ0v) is 18.4. The summed E-state index contributed by atoms with van der Waals surface area (Å²) in [6.45, 7) is 2.37. The zero-order chi connectivity index (χ0) is 20.5. The molecular formula is C25H38O4. The van der Waals surface area contributed by atoms with Crippen LogP contribution in [-0.2, 0) is 9.47 Å². The second-order valence-electron chi connectivity index (χ2n) is 10.8. The van der Waals surface area contributed by atoms with Crippen LogP contribution < -0.4 is 0 Å². The molecule has 0 aromatic rings. The number of aliphatic hydroxyl groups excluding tert-OH is 1. The third-order valence-corrected chi connectivity index (χ3v) is 10.1. The molecule has 0 amide bonds. The minimum absolute atomic E-state index is 0.0161. The largest absolute Gasteiger partial charge is 0.392 e. The van der Waals surface area contributed by atoms with E-state index in [1.54, 1.807) is 31.4 Å². The summed E-state index contributed by atoms with van der Waals surface area (Å²) in [5, 5.41) is 21.4. The first-order valence-electron chi connectivity index (χ1n) is 11.7. The van der Waals surface area contributed by atoms with Crippen molar-refractivity contribution in [2.45, 2.75) is 82.5 Å². The lowest BCUT2D eigenvalue weighted by molar-refractivity contribution is -0.213. The van der Waals surface area contributed by atoms with Crippen LogP contribution in [0.25, 0.3) is 0 Å². The number of hydrogen-bond acceptors (Lipinski definition) is 4. The van der Waals surface area contributed by atoms with Crippen molar-refractivity contribution < 1.29 is 19.7 Å². The Kier molecular flexibility index (Phi) is 4.65. The highest BCUT2D eigenvalue weighted by molar-refractivity contribution is 5.34. The first-order valence-corrected chi connectivity index (χ1v) is 11.7. The Balaban J connectivity index is 1.46. The van der Waals surface area contributed by atoms with Gasteiger partial charge in [-0.2, -0.15) is 0 Å². The van der Waals surface area contributed by atoms with E-state index in [1.165, 1.54) is 19.3 Å². The van der Waals surface area contributed by atoms with E-state index in [1.807, 2.05) is 6.08 Å². The van der Waals surface area contributed by atoms with Gasteiger partial charge in [0.15, 0.2) is 5.79 Å². The molecule has 4 heteroatoms. The van der Waals surface area contributed by atoms with Crippen molar-refractivity contribution in [3.8, 4) is 0 Å². The number of allylic oxidation sites excluding steroid dienone is 1. The molecule has 162 valence electrons. The standard InChI is InChI=1S/C25H38O4/c1-22-10-7-19-18-8-11-24(28-2,29-3)15-17(18)5-6-20(19)21(22)16-23(12-13-23)25(22,27)9-4-14-26/h4,9,19-21,26-27H,5-8,10-16H2,1-3H3/b9-4-/t19?,20?,21?,22-,25+/m0/s1.